The van der Waals surface area contributed by atoms with Crippen LogP contribution in [0.25, 0.3) is 22.3 Å². The van der Waals surface area contributed by atoms with Gasteiger partial charge in [-0.25, -0.2) is 0 Å². The maximum Gasteiger partial charge on any atom is 0.181 e. The van der Waals surface area contributed by atoms with Crippen molar-refractivity contribution in [2.75, 3.05) is 4.90 Å². The molecule has 2 aliphatic rings. The van der Waals surface area contributed by atoms with E-state index in [4.69, 9.17) is 0 Å². The van der Waals surface area contributed by atoms with Gasteiger partial charge in [0.1, 0.15) is 0 Å². The molecule has 0 unspecified atom stereocenters. The molecule has 0 aromatic heterocycles. The highest BCUT2D eigenvalue weighted by Gasteiger charge is 2.58. The number of hydrogen-bond donors (Lipinski definition) is 0. The molecule has 0 fully saturated rings. The van der Waals surface area contributed by atoms with Crippen molar-refractivity contribution >= 4 is 86.5 Å². The fourth-order valence-corrected chi connectivity index (χ4v) is 25.1. The Labute approximate surface area is 382 Å². The summed E-state index contributed by atoms with van der Waals surface area (Å²) in [6.07, 6.45) is 0. The summed E-state index contributed by atoms with van der Waals surface area (Å²) in [5.74, 6) is 0. The Morgan fingerprint density at radius 3 is 1.14 bits per heavy atom. The average Bonchev–Trinajstić information content (AvgIpc) is 3.38. The molecule has 2 heterocycles. The van der Waals surface area contributed by atoms with Crippen molar-refractivity contribution in [1.82, 2.24) is 0 Å². The van der Waals surface area contributed by atoms with Gasteiger partial charge in [0.05, 0.1) is 0 Å². The van der Waals surface area contributed by atoms with Crippen LogP contribution < -0.4 is 46.4 Å². The molecule has 12 rings (SSSR count). The van der Waals surface area contributed by atoms with Crippen LogP contribution in [-0.4, -0.2) is 16.1 Å². The fraction of sp³-hybridized carbons (Fsp3) is 0. The Hall–Kier alpha value is -7.22. The molecule has 0 amide bonds. The predicted molar refractivity (Wildman–Crippen MR) is 277 cm³/mol. The second-order valence-electron chi connectivity index (χ2n) is 16.8. The topological polar surface area (TPSA) is 3.24 Å². The zero-order valence-corrected chi connectivity index (χ0v) is 38.0. The monoisotopic (exact) mass is 865 g/mol. The van der Waals surface area contributed by atoms with Gasteiger partial charge in [0.15, 0.2) is 16.1 Å². The molecule has 0 aliphatic carbocycles. The van der Waals surface area contributed by atoms with Gasteiger partial charge >= 0.3 is 0 Å². The summed E-state index contributed by atoms with van der Waals surface area (Å²) in [5, 5.41) is 11.9. The van der Waals surface area contributed by atoms with Gasteiger partial charge < -0.3 is 4.90 Å². The Bertz CT molecular complexity index is 3200. The molecule has 10 aromatic rings. The Balaban J connectivity index is 1.08. The Morgan fingerprint density at radius 1 is 0.250 bits per heavy atom. The molecule has 0 bridgehead atoms. The number of nitrogens with zero attached hydrogens (tertiary/aromatic N) is 1. The van der Waals surface area contributed by atoms with Crippen molar-refractivity contribution in [2.45, 2.75) is 9.79 Å². The highest BCUT2D eigenvalue weighted by atomic mass is 32.2. The first-order valence-corrected chi connectivity index (χ1v) is 26.9. The highest BCUT2D eigenvalue weighted by molar-refractivity contribution is 8.00. The number of fused-ring (bicyclic) bond motifs is 8. The lowest BCUT2D eigenvalue weighted by atomic mass is 10.0. The Morgan fingerprint density at radius 2 is 0.609 bits per heavy atom. The van der Waals surface area contributed by atoms with Crippen molar-refractivity contribution in [3.05, 3.63) is 261 Å². The third kappa shape index (κ3) is 5.98. The van der Waals surface area contributed by atoms with Crippen LogP contribution in [0.2, 0.25) is 0 Å². The zero-order valence-electron chi connectivity index (χ0n) is 35.2. The molecule has 2 aliphatic heterocycles. The van der Waals surface area contributed by atoms with E-state index in [0.717, 1.165) is 17.1 Å². The third-order valence-electron chi connectivity index (χ3n) is 13.5. The van der Waals surface area contributed by atoms with Gasteiger partial charge in [0.2, 0.25) is 0 Å². The van der Waals surface area contributed by atoms with E-state index < -0.39 is 16.1 Å². The minimum absolute atomic E-state index is 1.12. The highest BCUT2D eigenvalue weighted by Crippen LogP contribution is 2.38. The van der Waals surface area contributed by atoms with Crippen molar-refractivity contribution < 1.29 is 0 Å². The second-order valence-corrected chi connectivity index (χ2v) is 25.2. The zero-order chi connectivity index (χ0) is 42.5. The summed E-state index contributed by atoms with van der Waals surface area (Å²) in [6.45, 7) is 0. The lowest BCUT2D eigenvalue weighted by Crippen LogP contribution is -2.93. The van der Waals surface area contributed by atoms with Crippen LogP contribution in [0.3, 0.4) is 0 Å². The van der Waals surface area contributed by atoms with E-state index in [1.54, 1.807) is 0 Å². The molecule has 0 saturated carbocycles. The van der Waals surface area contributed by atoms with E-state index in [9.17, 15) is 0 Å². The van der Waals surface area contributed by atoms with E-state index in [2.05, 4.69) is 266 Å². The predicted octanol–water partition coefficient (Wildman–Crippen LogP) is 10.0. The van der Waals surface area contributed by atoms with Crippen LogP contribution in [0, 0.1) is 0 Å². The number of anilines is 3. The van der Waals surface area contributed by atoms with Crippen LogP contribution in [0.15, 0.2) is 271 Å². The molecule has 10 aromatic carbocycles. The molecule has 0 atom stereocenters. The van der Waals surface area contributed by atoms with E-state index in [1.807, 2.05) is 11.8 Å². The number of hydrogen-bond acceptors (Lipinski definition) is 2. The SMILES string of the molecule is c1ccc(-c2ccc(N(c3ccccc3)c3ccc(-c4ccc5c(c4)[Si]4(c6ccccc6Sc6ccccc64)c4ccccc4[Si]5(c4ccccc4)c4ccccc4)cc3)cc2)cc1. The quantitative estimate of drug-likeness (QED) is 0.147. The summed E-state index contributed by atoms with van der Waals surface area (Å²) < 4.78 is 0. The van der Waals surface area contributed by atoms with Gasteiger partial charge in [-0.3, -0.25) is 0 Å². The maximum atomic E-state index is 2.63. The average molecular weight is 866 g/mol. The minimum atomic E-state index is -2.91. The first-order chi connectivity index (χ1) is 31.7. The lowest BCUT2D eigenvalue weighted by molar-refractivity contribution is 1.28. The van der Waals surface area contributed by atoms with Gasteiger partial charge in [-0.15, -0.1) is 0 Å². The first kappa shape index (κ1) is 38.5. The van der Waals surface area contributed by atoms with Gasteiger partial charge in [0, 0.05) is 26.9 Å². The van der Waals surface area contributed by atoms with Gasteiger partial charge in [-0.05, 0) is 112 Å². The normalized spacial score (nSPS) is 13.8. The summed E-state index contributed by atoms with van der Waals surface area (Å²) >= 11 is 1.93. The van der Waals surface area contributed by atoms with Crippen molar-refractivity contribution in [3.8, 4) is 22.3 Å². The summed E-state index contributed by atoms with van der Waals surface area (Å²) in [6, 6.07) is 98.2. The molecule has 64 heavy (non-hydrogen) atoms. The van der Waals surface area contributed by atoms with Crippen LogP contribution in [0.5, 0.6) is 0 Å². The second kappa shape index (κ2) is 15.8. The standard InChI is InChI=1S/C60H43NSSi2/c1-5-19-44(20-6-1)45-33-38-49(39-34-45)61(48-21-7-2-8-22-48)50-40-35-46(36-41-50)47-37-42-59-60(43-47)64(55-29-15-13-27-53(55)62-54-28-14-16-30-56(54)64)58-32-18-17-31-57(58)63(59,51-23-9-3-10-24-51)52-25-11-4-12-26-52/h1-43H. The van der Waals surface area contributed by atoms with E-state index in [-0.39, 0.29) is 0 Å². The molecule has 4 heteroatoms. The third-order valence-corrected chi connectivity index (χ3v) is 25.3. The molecule has 1 spiro atoms. The lowest BCUT2D eigenvalue weighted by Gasteiger charge is -2.50. The van der Waals surface area contributed by atoms with Crippen LogP contribution >= 0.6 is 11.8 Å². The van der Waals surface area contributed by atoms with E-state index in [0.29, 0.717) is 0 Å². The van der Waals surface area contributed by atoms with Crippen LogP contribution in [-0.2, 0) is 0 Å². The van der Waals surface area contributed by atoms with Crippen LogP contribution in [0.1, 0.15) is 0 Å². The molecule has 0 saturated heterocycles. The van der Waals surface area contributed by atoms with Crippen molar-refractivity contribution in [3.63, 3.8) is 0 Å². The van der Waals surface area contributed by atoms with Crippen molar-refractivity contribution in [2.24, 2.45) is 0 Å². The smallest absolute Gasteiger partial charge is 0.181 e. The molecular formula is C60H43NSSi2. The van der Waals surface area contributed by atoms with Crippen molar-refractivity contribution in [1.29, 1.82) is 0 Å². The maximum absolute atomic E-state index is 2.91. The number of rotatable bonds is 7. The minimum Gasteiger partial charge on any atom is -0.311 e. The first-order valence-electron chi connectivity index (χ1n) is 22.1. The molecule has 1 nitrogen and oxygen atoms in total. The molecule has 302 valence electrons. The number of para-hydroxylation sites is 1. The fourth-order valence-electron chi connectivity index (χ4n) is 10.8. The van der Waals surface area contributed by atoms with E-state index >= 15 is 0 Å². The molecular weight excluding hydrogens is 823 g/mol. The Kier molecular flexibility index (Phi) is 9.52. The van der Waals surface area contributed by atoms with E-state index in [1.165, 1.54) is 73.5 Å². The van der Waals surface area contributed by atoms with Gasteiger partial charge in [-0.1, -0.05) is 224 Å². The molecule has 0 N–H and O–H groups in total. The summed E-state index contributed by atoms with van der Waals surface area (Å²) in [7, 11) is -5.77. The summed E-state index contributed by atoms with van der Waals surface area (Å²) in [5.41, 5.74) is 8.24. The van der Waals surface area contributed by atoms with Gasteiger partial charge in [0.25, 0.3) is 0 Å². The van der Waals surface area contributed by atoms with Gasteiger partial charge in [-0.2, -0.15) is 0 Å². The van der Waals surface area contributed by atoms with Crippen LogP contribution in [0.4, 0.5) is 17.1 Å². The summed E-state index contributed by atoms with van der Waals surface area (Å²) in [4.78, 5) is 5.10. The largest absolute Gasteiger partial charge is 0.311 e. The molecule has 0 radical (unpaired) electrons. The number of benzene rings is 10.